The topological polar surface area (TPSA) is 41.5 Å². The van der Waals surface area contributed by atoms with Crippen molar-refractivity contribution in [2.24, 2.45) is 0 Å². The molecular weight excluding hydrogens is 238 g/mol. The van der Waals surface area contributed by atoms with Gasteiger partial charge in [0.15, 0.2) is 0 Å². The summed E-state index contributed by atoms with van der Waals surface area (Å²) in [5, 5.41) is 13.3. The van der Waals surface area contributed by atoms with Crippen molar-refractivity contribution >= 4 is 6.08 Å². The highest BCUT2D eigenvalue weighted by Gasteiger charge is 2.33. The molecule has 0 aromatic heterocycles. The molecule has 0 unspecified atom stereocenters. The van der Waals surface area contributed by atoms with E-state index in [9.17, 15) is 5.11 Å². The number of benzene rings is 1. The number of hydrogen-bond acceptors (Lipinski definition) is 3. The van der Waals surface area contributed by atoms with Gasteiger partial charge in [-0.25, -0.2) is 0 Å². The van der Waals surface area contributed by atoms with Gasteiger partial charge < -0.3 is 15.2 Å². The Hall–Kier alpha value is -1.32. The van der Waals surface area contributed by atoms with E-state index in [1.165, 1.54) is 11.1 Å². The number of ether oxygens (including phenoxy) is 1. The smallest absolute Gasteiger partial charge is 0.118 e. The van der Waals surface area contributed by atoms with Gasteiger partial charge in [0.05, 0.1) is 12.7 Å². The van der Waals surface area contributed by atoms with Crippen LogP contribution in [-0.4, -0.2) is 30.9 Å². The van der Waals surface area contributed by atoms with Crippen molar-refractivity contribution < 1.29 is 9.84 Å². The summed E-state index contributed by atoms with van der Waals surface area (Å²) >= 11 is 0. The van der Waals surface area contributed by atoms with Gasteiger partial charge in [-0.15, -0.1) is 0 Å². The maximum absolute atomic E-state index is 9.97. The molecule has 19 heavy (non-hydrogen) atoms. The summed E-state index contributed by atoms with van der Waals surface area (Å²) in [6, 6.07) is 8.01. The molecule has 1 fully saturated rings. The number of aliphatic hydroxyl groups is 1. The molecular formula is C16H23NO2. The normalized spacial score (nSPS) is 17.9. The average Bonchev–Trinajstić information content (AvgIpc) is 2.37. The molecule has 1 aromatic carbocycles. The summed E-state index contributed by atoms with van der Waals surface area (Å²) in [6.45, 7) is 3.61. The number of nitrogens with one attached hydrogen (secondary N) is 1. The largest absolute Gasteiger partial charge is 0.497 e. The van der Waals surface area contributed by atoms with Crippen LogP contribution in [0.5, 0.6) is 5.75 Å². The van der Waals surface area contributed by atoms with Gasteiger partial charge >= 0.3 is 0 Å². The van der Waals surface area contributed by atoms with Gasteiger partial charge in [-0.05, 0) is 43.9 Å². The van der Waals surface area contributed by atoms with Crippen LogP contribution < -0.4 is 10.1 Å². The van der Waals surface area contributed by atoms with Crippen molar-refractivity contribution in [2.75, 3.05) is 20.2 Å². The van der Waals surface area contributed by atoms with Crippen molar-refractivity contribution in [3.05, 3.63) is 35.4 Å². The van der Waals surface area contributed by atoms with E-state index in [0.717, 1.165) is 31.6 Å². The summed E-state index contributed by atoms with van der Waals surface area (Å²) in [5.41, 5.74) is 1.98. The molecule has 0 saturated heterocycles. The van der Waals surface area contributed by atoms with Crippen molar-refractivity contribution in [1.29, 1.82) is 0 Å². The predicted molar refractivity (Wildman–Crippen MR) is 78.3 cm³/mol. The Bertz CT molecular complexity index is 433. The zero-order valence-electron chi connectivity index (χ0n) is 11.8. The van der Waals surface area contributed by atoms with Crippen LogP contribution in [0.3, 0.4) is 0 Å². The molecule has 0 radical (unpaired) electrons. The molecule has 2 rings (SSSR count). The Balaban J connectivity index is 1.80. The van der Waals surface area contributed by atoms with Crippen molar-refractivity contribution in [3.63, 3.8) is 0 Å². The van der Waals surface area contributed by atoms with E-state index in [0.29, 0.717) is 6.54 Å². The lowest BCUT2D eigenvalue weighted by Gasteiger charge is -2.36. The second-order valence-corrected chi connectivity index (χ2v) is 5.45. The van der Waals surface area contributed by atoms with E-state index in [2.05, 4.69) is 18.3 Å². The number of rotatable bonds is 6. The van der Waals surface area contributed by atoms with Crippen LogP contribution in [0.4, 0.5) is 0 Å². The molecule has 0 amide bonds. The molecule has 1 aliphatic rings. The zero-order valence-corrected chi connectivity index (χ0v) is 11.8. The van der Waals surface area contributed by atoms with Crippen LogP contribution in [0.1, 0.15) is 31.7 Å². The van der Waals surface area contributed by atoms with Crippen LogP contribution in [0.15, 0.2) is 29.8 Å². The van der Waals surface area contributed by atoms with Crippen molar-refractivity contribution in [1.82, 2.24) is 5.32 Å². The van der Waals surface area contributed by atoms with Crippen LogP contribution in [-0.2, 0) is 0 Å². The third kappa shape index (κ3) is 4.08. The third-order valence-corrected chi connectivity index (χ3v) is 3.67. The second-order valence-electron chi connectivity index (χ2n) is 5.45. The molecule has 0 spiro atoms. The maximum Gasteiger partial charge on any atom is 0.118 e. The molecule has 3 nitrogen and oxygen atoms in total. The van der Waals surface area contributed by atoms with E-state index in [-0.39, 0.29) is 0 Å². The summed E-state index contributed by atoms with van der Waals surface area (Å²) < 4.78 is 5.13. The van der Waals surface area contributed by atoms with Gasteiger partial charge in [-0.1, -0.05) is 23.8 Å². The van der Waals surface area contributed by atoms with E-state index in [1.807, 2.05) is 24.3 Å². The Morgan fingerprint density at radius 1 is 1.37 bits per heavy atom. The van der Waals surface area contributed by atoms with E-state index in [4.69, 9.17) is 4.74 Å². The SMILES string of the molecule is COc1ccc(/C=C(/C)CNCC2(O)CCC2)cc1. The standard InChI is InChI=1S/C16H23NO2/c1-13(11-17-12-16(18)8-3-9-16)10-14-4-6-15(19-2)7-5-14/h4-7,10,17-18H,3,8-9,11-12H2,1-2H3/b13-10-. The fourth-order valence-electron chi connectivity index (χ4n) is 2.29. The third-order valence-electron chi connectivity index (χ3n) is 3.67. The molecule has 0 aliphatic heterocycles. The first-order valence-electron chi connectivity index (χ1n) is 6.86. The predicted octanol–water partition coefficient (Wildman–Crippen LogP) is 2.60. The Labute approximate surface area is 115 Å². The van der Waals surface area contributed by atoms with Gasteiger partial charge in [-0.2, -0.15) is 0 Å². The van der Waals surface area contributed by atoms with Gasteiger partial charge in [-0.3, -0.25) is 0 Å². The minimum atomic E-state index is -0.444. The molecule has 1 aromatic rings. The molecule has 0 atom stereocenters. The minimum Gasteiger partial charge on any atom is -0.497 e. The minimum absolute atomic E-state index is 0.444. The summed E-state index contributed by atoms with van der Waals surface area (Å²) in [6.07, 6.45) is 5.17. The lowest BCUT2D eigenvalue weighted by Crippen LogP contribution is -2.46. The number of hydrogen-bond donors (Lipinski definition) is 2. The summed E-state index contributed by atoms with van der Waals surface area (Å²) in [4.78, 5) is 0. The van der Waals surface area contributed by atoms with Gasteiger partial charge in [0, 0.05) is 13.1 Å². The Morgan fingerprint density at radius 2 is 2.05 bits per heavy atom. The van der Waals surface area contributed by atoms with Crippen LogP contribution in [0.2, 0.25) is 0 Å². The highest BCUT2D eigenvalue weighted by molar-refractivity contribution is 5.53. The second kappa shape index (κ2) is 6.22. The quantitative estimate of drug-likeness (QED) is 0.827. The number of methoxy groups -OCH3 is 1. The van der Waals surface area contributed by atoms with Crippen LogP contribution in [0.25, 0.3) is 6.08 Å². The maximum atomic E-state index is 9.97. The summed E-state index contributed by atoms with van der Waals surface area (Å²) in [5.74, 6) is 0.875. The zero-order chi connectivity index (χ0) is 13.7. The van der Waals surface area contributed by atoms with Gasteiger partial charge in [0.25, 0.3) is 0 Å². The van der Waals surface area contributed by atoms with Crippen LogP contribution >= 0.6 is 0 Å². The van der Waals surface area contributed by atoms with E-state index < -0.39 is 5.60 Å². The molecule has 1 saturated carbocycles. The average molecular weight is 261 g/mol. The fourth-order valence-corrected chi connectivity index (χ4v) is 2.29. The van der Waals surface area contributed by atoms with E-state index >= 15 is 0 Å². The van der Waals surface area contributed by atoms with Crippen LogP contribution in [0, 0.1) is 0 Å². The monoisotopic (exact) mass is 261 g/mol. The lowest BCUT2D eigenvalue weighted by atomic mass is 9.80. The molecule has 104 valence electrons. The first kappa shape index (κ1) is 14.1. The Kier molecular flexibility index (Phi) is 4.61. The molecule has 1 aliphatic carbocycles. The van der Waals surface area contributed by atoms with Crippen molar-refractivity contribution in [3.8, 4) is 5.75 Å². The van der Waals surface area contributed by atoms with Crippen molar-refractivity contribution in [2.45, 2.75) is 31.8 Å². The van der Waals surface area contributed by atoms with E-state index in [1.54, 1.807) is 7.11 Å². The lowest BCUT2D eigenvalue weighted by molar-refractivity contribution is -0.0306. The molecule has 0 bridgehead atoms. The first-order valence-corrected chi connectivity index (χ1v) is 6.86. The Morgan fingerprint density at radius 3 is 2.58 bits per heavy atom. The van der Waals surface area contributed by atoms with Gasteiger partial charge in [0.1, 0.15) is 5.75 Å². The molecule has 0 heterocycles. The molecule has 3 heteroatoms. The van der Waals surface area contributed by atoms with Gasteiger partial charge in [0.2, 0.25) is 0 Å². The first-order chi connectivity index (χ1) is 9.11. The summed E-state index contributed by atoms with van der Waals surface area (Å²) in [7, 11) is 1.67. The highest BCUT2D eigenvalue weighted by Crippen LogP contribution is 2.30. The fraction of sp³-hybridized carbons (Fsp3) is 0.500. The molecule has 2 N–H and O–H groups in total. The highest BCUT2D eigenvalue weighted by atomic mass is 16.5.